The first-order chi connectivity index (χ1) is 8.22. The van der Waals surface area contributed by atoms with Crippen molar-refractivity contribution in [2.24, 2.45) is 11.3 Å². The first kappa shape index (κ1) is 12.8. The van der Waals surface area contributed by atoms with Crippen LogP contribution in [0.25, 0.3) is 0 Å². The summed E-state index contributed by atoms with van der Waals surface area (Å²) in [5.74, 6) is 0.381. The van der Waals surface area contributed by atoms with Gasteiger partial charge in [0.25, 0.3) is 0 Å². The number of amides is 1. The molecule has 2 aliphatic rings. The lowest BCUT2D eigenvalue weighted by Gasteiger charge is -2.23. The fourth-order valence-electron chi connectivity index (χ4n) is 2.88. The van der Waals surface area contributed by atoms with Gasteiger partial charge < -0.3 is 15.2 Å². The Morgan fingerprint density at radius 3 is 2.82 bits per heavy atom. The molecule has 2 rings (SSSR count). The van der Waals surface area contributed by atoms with E-state index in [0.29, 0.717) is 6.42 Å². The lowest BCUT2D eigenvalue weighted by molar-refractivity contribution is -0.124. The minimum atomic E-state index is 0.130. The van der Waals surface area contributed by atoms with Crippen molar-refractivity contribution < 1.29 is 14.6 Å². The molecule has 98 valence electrons. The molecule has 2 fully saturated rings. The van der Waals surface area contributed by atoms with Crippen LogP contribution in [0.3, 0.4) is 0 Å². The van der Waals surface area contributed by atoms with Crippen LogP contribution in [-0.4, -0.2) is 36.9 Å². The van der Waals surface area contributed by atoms with Crippen LogP contribution in [0.5, 0.6) is 0 Å². The van der Waals surface area contributed by atoms with Gasteiger partial charge in [-0.3, -0.25) is 4.79 Å². The molecule has 1 saturated heterocycles. The zero-order valence-electron chi connectivity index (χ0n) is 10.6. The van der Waals surface area contributed by atoms with E-state index < -0.39 is 0 Å². The molecule has 0 bridgehead atoms. The Hall–Kier alpha value is -0.610. The fraction of sp³-hybridized carbons (Fsp3) is 0.923. The van der Waals surface area contributed by atoms with Crippen molar-refractivity contribution in [2.75, 3.05) is 19.8 Å². The summed E-state index contributed by atoms with van der Waals surface area (Å²) < 4.78 is 5.35. The maximum atomic E-state index is 12.1. The van der Waals surface area contributed by atoms with E-state index in [1.807, 2.05) is 6.92 Å². The third-order valence-corrected chi connectivity index (χ3v) is 4.31. The van der Waals surface area contributed by atoms with Crippen molar-refractivity contribution in [1.82, 2.24) is 5.32 Å². The molecule has 0 aromatic heterocycles. The lowest BCUT2D eigenvalue weighted by atomic mass is 9.93. The van der Waals surface area contributed by atoms with Gasteiger partial charge in [0.05, 0.1) is 0 Å². The molecule has 1 saturated carbocycles. The Kier molecular flexibility index (Phi) is 4.05. The number of aliphatic hydroxyl groups is 1. The van der Waals surface area contributed by atoms with Gasteiger partial charge >= 0.3 is 0 Å². The van der Waals surface area contributed by atoms with Crippen LogP contribution in [0, 0.1) is 11.3 Å². The van der Waals surface area contributed by atoms with E-state index in [1.165, 1.54) is 0 Å². The van der Waals surface area contributed by atoms with Gasteiger partial charge in [-0.15, -0.1) is 0 Å². The molecular weight excluding hydrogens is 218 g/mol. The topological polar surface area (TPSA) is 58.6 Å². The maximum absolute atomic E-state index is 12.1. The smallest absolute Gasteiger partial charge is 0.223 e. The molecule has 0 radical (unpaired) electrons. The fourth-order valence-corrected chi connectivity index (χ4v) is 2.88. The van der Waals surface area contributed by atoms with Gasteiger partial charge in [-0.25, -0.2) is 0 Å². The zero-order chi connectivity index (χ0) is 12.3. The summed E-state index contributed by atoms with van der Waals surface area (Å²) in [5.41, 5.74) is 0.250. The van der Waals surface area contributed by atoms with Crippen LogP contribution in [0.1, 0.15) is 39.0 Å². The van der Waals surface area contributed by atoms with E-state index in [1.54, 1.807) is 0 Å². The first-order valence-electron chi connectivity index (χ1n) is 6.71. The van der Waals surface area contributed by atoms with E-state index in [-0.39, 0.29) is 29.9 Å². The van der Waals surface area contributed by atoms with Crippen LogP contribution in [0.4, 0.5) is 0 Å². The number of rotatable bonds is 5. The van der Waals surface area contributed by atoms with Crippen molar-refractivity contribution in [1.29, 1.82) is 0 Å². The first-order valence-corrected chi connectivity index (χ1v) is 6.71. The maximum Gasteiger partial charge on any atom is 0.223 e. The highest BCUT2D eigenvalue weighted by Crippen LogP contribution is 2.59. The quantitative estimate of drug-likeness (QED) is 0.757. The van der Waals surface area contributed by atoms with Gasteiger partial charge in [0.15, 0.2) is 0 Å². The summed E-state index contributed by atoms with van der Waals surface area (Å²) in [4.78, 5) is 12.1. The Balaban J connectivity index is 1.81. The van der Waals surface area contributed by atoms with Crippen molar-refractivity contribution in [2.45, 2.75) is 45.1 Å². The molecule has 1 aliphatic carbocycles. The number of hydrogen-bond donors (Lipinski definition) is 2. The predicted molar refractivity (Wildman–Crippen MR) is 64.5 cm³/mol. The summed E-state index contributed by atoms with van der Waals surface area (Å²) in [6.45, 7) is 3.79. The third kappa shape index (κ3) is 2.80. The number of hydrogen-bond acceptors (Lipinski definition) is 3. The largest absolute Gasteiger partial charge is 0.396 e. The Morgan fingerprint density at radius 1 is 1.53 bits per heavy atom. The van der Waals surface area contributed by atoms with Gasteiger partial charge in [0.2, 0.25) is 5.91 Å². The molecule has 2 unspecified atom stereocenters. The molecule has 1 heterocycles. The lowest BCUT2D eigenvalue weighted by Crippen LogP contribution is -2.37. The standard InChI is InChI=1S/C13H23NO3/c1-2-10(3-6-15)14-12(16)11-9-13(11)4-7-17-8-5-13/h10-11,15H,2-9H2,1H3,(H,14,16). The Labute approximate surface area is 103 Å². The van der Waals surface area contributed by atoms with E-state index in [4.69, 9.17) is 9.84 Å². The predicted octanol–water partition coefficient (Wildman–Crippen LogP) is 1.08. The summed E-state index contributed by atoms with van der Waals surface area (Å²) in [6, 6.07) is 0.130. The number of aliphatic hydroxyl groups excluding tert-OH is 1. The highest BCUT2D eigenvalue weighted by atomic mass is 16.5. The van der Waals surface area contributed by atoms with Crippen molar-refractivity contribution in [3.8, 4) is 0 Å². The molecular formula is C13H23NO3. The van der Waals surface area contributed by atoms with Crippen LogP contribution in [0.2, 0.25) is 0 Å². The molecule has 1 aliphatic heterocycles. The monoisotopic (exact) mass is 241 g/mol. The number of nitrogens with one attached hydrogen (secondary N) is 1. The third-order valence-electron chi connectivity index (χ3n) is 4.31. The van der Waals surface area contributed by atoms with Crippen LogP contribution in [0.15, 0.2) is 0 Å². The van der Waals surface area contributed by atoms with Crippen LogP contribution in [-0.2, 0) is 9.53 Å². The van der Waals surface area contributed by atoms with Gasteiger partial charge in [-0.2, -0.15) is 0 Å². The molecule has 2 N–H and O–H groups in total. The van der Waals surface area contributed by atoms with Crippen LogP contribution >= 0.6 is 0 Å². The Morgan fingerprint density at radius 2 is 2.24 bits per heavy atom. The minimum absolute atomic E-state index is 0.130. The highest BCUT2D eigenvalue weighted by molar-refractivity contribution is 5.82. The van der Waals surface area contributed by atoms with Gasteiger partial charge in [0.1, 0.15) is 0 Å². The second kappa shape index (κ2) is 5.36. The van der Waals surface area contributed by atoms with E-state index >= 15 is 0 Å². The zero-order valence-corrected chi connectivity index (χ0v) is 10.6. The molecule has 1 spiro atoms. The van der Waals surface area contributed by atoms with Gasteiger partial charge in [-0.05, 0) is 37.5 Å². The average Bonchev–Trinajstić information content (AvgIpc) is 3.03. The molecule has 17 heavy (non-hydrogen) atoms. The van der Waals surface area contributed by atoms with Gasteiger partial charge in [-0.1, -0.05) is 6.92 Å². The van der Waals surface area contributed by atoms with Crippen molar-refractivity contribution in [3.63, 3.8) is 0 Å². The Bertz CT molecular complexity index is 274. The van der Waals surface area contributed by atoms with E-state index in [9.17, 15) is 4.79 Å². The SMILES string of the molecule is CCC(CCO)NC(=O)C1CC12CCOCC2. The number of carbonyl (C=O) groups is 1. The van der Waals surface area contributed by atoms with Crippen LogP contribution < -0.4 is 5.32 Å². The highest BCUT2D eigenvalue weighted by Gasteiger charge is 2.58. The summed E-state index contributed by atoms with van der Waals surface area (Å²) in [7, 11) is 0. The molecule has 1 amide bonds. The van der Waals surface area contributed by atoms with Gasteiger partial charge in [0, 0.05) is 31.8 Å². The average molecular weight is 241 g/mol. The minimum Gasteiger partial charge on any atom is -0.396 e. The summed E-state index contributed by atoms with van der Waals surface area (Å²) in [5, 5.41) is 12.0. The van der Waals surface area contributed by atoms with Crippen molar-refractivity contribution >= 4 is 5.91 Å². The number of carbonyl (C=O) groups excluding carboxylic acids is 1. The summed E-state index contributed by atoms with van der Waals surface area (Å²) in [6.07, 6.45) is 4.63. The number of ether oxygens (including phenoxy) is 1. The second-order valence-electron chi connectivity index (χ2n) is 5.36. The van der Waals surface area contributed by atoms with E-state index in [2.05, 4.69) is 5.32 Å². The normalized spacial score (nSPS) is 27.8. The molecule has 4 heteroatoms. The molecule has 4 nitrogen and oxygen atoms in total. The molecule has 0 aromatic rings. The second-order valence-corrected chi connectivity index (χ2v) is 5.36. The van der Waals surface area contributed by atoms with Crippen molar-refractivity contribution in [3.05, 3.63) is 0 Å². The summed E-state index contributed by atoms with van der Waals surface area (Å²) >= 11 is 0. The molecule has 2 atom stereocenters. The van der Waals surface area contributed by atoms with E-state index in [0.717, 1.165) is 38.9 Å². The molecule has 0 aromatic carbocycles.